The predicted molar refractivity (Wildman–Crippen MR) is 92.8 cm³/mol. The van der Waals surface area contributed by atoms with Crippen LogP contribution in [0.4, 0.5) is 13.2 Å². The Bertz CT molecular complexity index is 1050. The first-order valence-corrected chi connectivity index (χ1v) is 8.19. The van der Waals surface area contributed by atoms with Crippen LogP contribution in [-0.4, -0.2) is 5.11 Å². The maximum Gasteiger partial charge on any atom is 0.453 e. The van der Waals surface area contributed by atoms with Gasteiger partial charge >= 0.3 is 6.18 Å². The first-order valence-electron chi connectivity index (χ1n) is 7.39. The van der Waals surface area contributed by atoms with Gasteiger partial charge in [0, 0.05) is 10.5 Å². The van der Waals surface area contributed by atoms with Gasteiger partial charge in [-0.05, 0) is 49.2 Å². The summed E-state index contributed by atoms with van der Waals surface area (Å²) in [5, 5.41) is 9.31. The molecule has 0 fully saturated rings. The van der Waals surface area contributed by atoms with Crippen molar-refractivity contribution in [3.05, 3.63) is 61.9 Å². The molecule has 1 heterocycles. The van der Waals surface area contributed by atoms with E-state index < -0.39 is 23.1 Å². The third-order valence-corrected chi connectivity index (χ3v) is 4.18. The standard InChI is InChI=1S/C18H12BrF3O4/c1-8-5-10(19)6-9(2)15(8)26-16-14(24)12-4-3-11(23)7-13(12)25-17(16)18(20,21)22/h3-7,23H,1-2H3. The average molecular weight is 429 g/mol. The quantitative estimate of drug-likeness (QED) is 0.569. The van der Waals surface area contributed by atoms with Gasteiger partial charge in [0.2, 0.25) is 11.2 Å². The van der Waals surface area contributed by atoms with E-state index in [1.54, 1.807) is 26.0 Å². The number of aromatic hydroxyl groups is 1. The molecule has 4 nitrogen and oxygen atoms in total. The van der Waals surface area contributed by atoms with E-state index >= 15 is 0 Å². The molecule has 3 aromatic rings. The number of hydrogen-bond donors (Lipinski definition) is 1. The van der Waals surface area contributed by atoms with Crippen molar-refractivity contribution in [2.75, 3.05) is 0 Å². The molecule has 0 radical (unpaired) electrons. The SMILES string of the molecule is Cc1cc(Br)cc(C)c1Oc1c(C(F)(F)F)oc2cc(O)ccc2c1=O. The molecule has 26 heavy (non-hydrogen) atoms. The van der Waals surface area contributed by atoms with Gasteiger partial charge in [-0.15, -0.1) is 0 Å². The van der Waals surface area contributed by atoms with Crippen LogP contribution in [0.5, 0.6) is 17.2 Å². The Hall–Kier alpha value is -2.48. The van der Waals surface area contributed by atoms with Crippen LogP contribution in [-0.2, 0) is 6.18 Å². The normalized spacial score (nSPS) is 11.8. The number of ether oxygens (including phenoxy) is 1. The summed E-state index contributed by atoms with van der Waals surface area (Å²) in [6, 6.07) is 6.65. The molecular weight excluding hydrogens is 417 g/mol. The van der Waals surface area contributed by atoms with Gasteiger partial charge in [0.1, 0.15) is 17.1 Å². The van der Waals surface area contributed by atoms with Gasteiger partial charge in [-0.25, -0.2) is 0 Å². The highest BCUT2D eigenvalue weighted by atomic mass is 79.9. The lowest BCUT2D eigenvalue weighted by Gasteiger charge is -2.16. The fraction of sp³-hybridized carbons (Fsp3) is 0.167. The Balaban J connectivity index is 2.30. The third-order valence-electron chi connectivity index (χ3n) is 3.72. The van der Waals surface area contributed by atoms with Gasteiger partial charge in [-0.3, -0.25) is 4.79 Å². The Kier molecular flexibility index (Phi) is 4.47. The van der Waals surface area contributed by atoms with Crippen molar-refractivity contribution in [1.82, 2.24) is 0 Å². The Morgan fingerprint density at radius 1 is 1.08 bits per heavy atom. The van der Waals surface area contributed by atoms with Gasteiger partial charge in [-0.1, -0.05) is 15.9 Å². The topological polar surface area (TPSA) is 59.7 Å². The fourth-order valence-electron chi connectivity index (χ4n) is 2.60. The van der Waals surface area contributed by atoms with Crippen LogP contribution in [0.3, 0.4) is 0 Å². The van der Waals surface area contributed by atoms with Crippen molar-refractivity contribution in [2.45, 2.75) is 20.0 Å². The van der Waals surface area contributed by atoms with Crippen LogP contribution in [0.2, 0.25) is 0 Å². The monoisotopic (exact) mass is 428 g/mol. The van der Waals surface area contributed by atoms with E-state index in [0.29, 0.717) is 11.1 Å². The molecule has 0 unspecified atom stereocenters. The molecule has 8 heteroatoms. The molecular formula is C18H12BrF3O4. The summed E-state index contributed by atoms with van der Waals surface area (Å²) >= 11 is 3.29. The summed E-state index contributed by atoms with van der Waals surface area (Å²) in [7, 11) is 0. The molecule has 0 saturated carbocycles. The lowest BCUT2D eigenvalue weighted by Crippen LogP contribution is -2.16. The number of phenolic OH excluding ortho intramolecular Hbond substituents is 1. The first kappa shape index (κ1) is 18.3. The number of phenols is 1. The molecule has 1 aromatic heterocycles. The second-order valence-electron chi connectivity index (χ2n) is 5.74. The molecule has 3 rings (SSSR count). The van der Waals surface area contributed by atoms with Crippen molar-refractivity contribution in [3.8, 4) is 17.2 Å². The zero-order chi connectivity index (χ0) is 19.2. The Morgan fingerprint density at radius 3 is 2.27 bits per heavy atom. The third kappa shape index (κ3) is 3.29. The van der Waals surface area contributed by atoms with E-state index in [-0.39, 0.29) is 22.5 Å². The van der Waals surface area contributed by atoms with Crippen molar-refractivity contribution in [3.63, 3.8) is 0 Å². The fourth-order valence-corrected chi connectivity index (χ4v) is 3.29. The summed E-state index contributed by atoms with van der Waals surface area (Å²) < 4.78 is 51.3. The number of fused-ring (bicyclic) bond motifs is 1. The van der Waals surface area contributed by atoms with Crippen molar-refractivity contribution < 1.29 is 27.4 Å². The number of halogens is 4. The number of benzene rings is 2. The highest BCUT2D eigenvalue weighted by molar-refractivity contribution is 9.10. The van der Waals surface area contributed by atoms with E-state index in [1.165, 1.54) is 12.1 Å². The minimum Gasteiger partial charge on any atom is -0.508 e. The highest BCUT2D eigenvalue weighted by Crippen LogP contribution is 2.40. The van der Waals surface area contributed by atoms with Crippen LogP contribution < -0.4 is 10.2 Å². The molecule has 0 spiro atoms. The average Bonchev–Trinajstić information content (AvgIpc) is 2.51. The summed E-state index contributed by atoms with van der Waals surface area (Å²) in [4.78, 5) is 12.6. The molecule has 0 aliphatic carbocycles. The maximum atomic E-state index is 13.4. The largest absolute Gasteiger partial charge is 0.508 e. The van der Waals surface area contributed by atoms with Crippen molar-refractivity contribution in [1.29, 1.82) is 0 Å². The van der Waals surface area contributed by atoms with Crippen molar-refractivity contribution >= 4 is 26.9 Å². The number of hydrogen-bond acceptors (Lipinski definition) is 4. The second-order valence-corrected chi connectivity index (χ2v) is 6.65. The van der Waals surface area contributed by atoms with E-state index in [9.17, 15) is 23.1 Å². The van der Waals surface area contributed by atoms with Gasteiger partial charge in [0.15, 0.2) is 0 Å². The maximum absolute atomic E-state index is 13.4. The summed E-state index contributed by atoms with van der Waals surface area (Å²) in [5.74, 6) is -2.67. The zero-order valence-electron chi connectivity index (χ0n) is 13.6. The number of alkyl halides is 3. The minimum atomic E-state index is -4.95. The van der Waals surface area contributed by atoms with Gasteiger partial charge in [0.05, 0.1) is 5.39 Å². The van der Waals surface area contributed by atoms with Crippen LogP contribution in [0, 0.1) is 13.8 Å². The van der Waals surface area contributed by atoms with Gasteiger partial charge in [0.25, 0.3) is 5.76 Å². The van der Waals surface area contributed by atoms with Crippen LogP contribution in [0.25, 0.3) is 11.0 Å². The summed E-state index contributed by atoms with van der Waals surface area (Å²) in [6.45, 7) is 3.31. The molecule has 0 saturated heterocycles. The van der Waals surface area contributed by atoms with Crippen LogP contribution in [0.1, 0.15) is 16.9 Å². The lowest BCUT2D eigenvalue weighted by molar-refractivity contribution is -0.154. The highest BCUT2D eigenvalue weighted by Gasteiger charge is 2.40. The summed E-state index contributed by atoms with van der Waals surface area (Å²) in [5.41, 5.74) is -0.246. The molecule has 0 aliphatic rings. The zero-order valence-corrected chi connectivity index (χ0v) is 15.2. The Labute approximate surface area is 154 Å². The van der Waals surface area contributed by atoms with E-state index in [2.05, 4.69) is 15.9 Å². The molecule has 1 N–H and O–H groups in total. The van der Waals surface area contributed by atoms with E-state index in [4.69, 9.17) is 9.15 Å². The summed E-state index contributed by atoms with van der Waals surface area (Å²) in [6.07, 6.45) is -4.95. The second kappa shape index (κ2) is 6.35. The molecule has 0 aliphatic heterocycles. The Morgan fingerprint density at radius 2 is 1.69 bits per heavy atom. The molecule has 0 bridgehead atoms. The van der Waals surface area contributed by atoms with E-state index in [1.807, 2.05) is 0 Å². The minimum absolute atomic E-state index is 0.127. The van der Waals surface area contributed by atoms with Crippen LogP contribution in [0.15, 0.2) is 44.0 Å². The smallest absolute Gasteiger partial charge is 0.453 e. The van der Waals surface area contributed by atoms with Gasteiger partial charge in [-0.2, -0.15) is 13.2 Å². The molecule has 2 aromatic carbocycles. The first-order chi connectivity index (χ1) is 12.1. The van der Waals surface area contributed by atoms with Gasteiger partial charge < -0.3 is 14.3 Å². The lowest BCUT2D eigenvalue weighted by atomic mass is 10.1. The predicted octanol–water partition coefficient (Wildman–Crippen LogP) is 5.69. The van der Waals surface area contributed by atoms with Crippen LogP contribution >= 0.6 is 15.9 Å². The van der Waals surface area contributed by atoms with Crippen molar-refractivity contribution in [2.24, 2.45) is 0 Å². The number of rotatable bonds is 2. The number of aryl methyl sites for hydroxylation is 2. The van der Waals surface area contributed by atoms with E-state index in [0.717, 1.165) is 10.5 Å². The molecule has 0 amide bonds. The molecule has 0 atom stereocenters. The molecule has 136 valence electrons.